The normalized spacial score (nSPS) is 12.1. The van der Waals surface area contributed by atoms with Gasteiger partial charge >= 0.3 is 0 Å². The van der Waals surface area contributed by atoms with Gasteiger partial charge in [-0.05, 0) is 44.0 Å². The van der Waals surface area contributed by atoms with Crippen LogP contribution in [0, 0.1) is 0 Å². The summed E-state index contributed by atoms with van der Waals surface area (Å²) in [6.07, 6.45) is 1.76. The first-order valence-electron chi connectivity index (χ1n) is 5.31. The Balaban J connectivity index is 2.32. The van der Waals surface area contributed by atoms with E-state index >= 15 is 0 Å². The van der Waals surface area contributed by atoms with E-state index in [1.165, 1.54) is 12.1 Å². The highest BCUT2D eigenvalue weighted by Gasteiger charge is 2.04. The second kappa shape index (κ2) is 6.38. The SMILES string of the molecule is CC(Cl)CCCNC(=O)c1ccc(O)cc1. The second-order valence-electron chi connectivity index (χ2n) is 3.73. The van der Waals surface area contributed by atoms with Crippen LogP contribution < -0.4 is 5.32 Å². The minimum atomic E-state index is -0.123. The van der Waals surface area contributed by atoms with E-state index in [0.717, 1.165) is 12.8 Å². The summed E-state index contributed by atoms with van der Waals surface area (Å²) in [5.74, 6) is 0.0368. The van der Waals surface area contributed by atoms with Crippen LogP contribution in [0.5, 0.6) is 5.75 Å². The smallest absolute Gasteiger partial charge is 0.251 e. The monoisotopic (exact) mass is 241 g/mol. The van der Waals surface area contributed by atoms with Crippen molar-refractivity contribution in [1.29, 1.82) is 0 Å². The van der Waals surface area contributed by atoms with Gasteiger partial charge in [-0.1, -0.05) is 0 Å². The Morgan fingerprint density at radius 2 is 2.06 bits per heavy atom. The van der Waals surface area contributed by atoms with Crippen molar-refractivity contribution in [2.75, 3.05) is 6.54 Å². The van der Waals surface area contributed by atoms with E-state index in [4.69, 9.17) is 16.7 Å². The Morgan fingerprint density at radius 1 is 1.44 bits per heavy atom. The maximum atomic E-state index is 11.6. The van der Waals surface area contributed by atoms with E-state index in [1.807, 2.05) is 6.92 Å². The lowest BCUT2D eigenvalue weighted by molar-refractivity contribution is 0.0953. The summed E-state index contributed by atoms with van der Waals surface area (Å²) in [7, 11) is 0. The van der Waals surface area contributed by atoms with Gasteiger partial charge in [0.15, 0.2) is 0 Å². The van der Waals surface area contributed by atoms with Crippen LogP contribution in [0.1, 0.15) is 30.1 Å². The van der Waals surface area contributed by atoms with Crippen molar-refractivity contribution in [2.45, 2.75) is 25.1 Å². The molecule has 0 fully saturated rings. The van der Waals surface area contributed by atoms with Gasteiger partial charge in [0.1, 0.15) is 5.75 Å². The third kappa shape index (κ3) is 4.53. The van der Waals surface area contributed by atoms with Crippen LogP contribution >= 0.6 is 11.6 Å². The largest absolute Gasteiger partial charge is 0.508 e. The number of nitrogens with one attached hydrogen (secondary N) is 1. The lowest BCUT2D eigenvalue weighted by Gasteiger charge is -2.06. The number of rotatable bonds is 5. The molecule has 88 valence electrons. The van der Waals surface area contributed by atoms with Crippen molar-refractivity contribution in [3.05, 3.63) is 29.8 Å². The summed E-state index contributed by atoms with van der Waals surface area (Å²) in [5, 5.41) is 12.0. The first-order chi connectivity index (χ1) is 7.59. The zero-order chi connectivity index (χ0) is 12.0. The van der Waals surface area contributed by atoms with Gasteiger partial charge in [0.25, 0.3) is 5.91 Å². The molecule has 0 spiro atoms. The first-order valence-corrected chi connectivity index (χ1v) is 5.74. The molecule has 0 aromatic heterocycles. The number of carbonyl (C=O) groups excluding carboxylic acids is 1. The summed E-state index contributed by atoms with van der Waals surface area (Å²) in [6.45, 7) is 2.56. The Bertz CT molecular complexity index is 335. The number of benzene rings is 1. The van der Waals surface area contributed by atoms with Crippen molar-refractivity contribution in [3.8, 4) is 5.75 Å². The van der Waals surface area contributed by atoms with Crippen molar-refractivity contribution in [3.63, 3.8) is 0 Å². The van der Waals surface area contributed by atoms with E-state index in [1.54, 1.807) is 12.1 Å². The number of amides is 1. The predicted molar refractivity (Wildman–Crippen MR) is 65.0 cm³/mol. The molecule has 0 saturated carbocycles. The molecule has 0 radical (unpaired) electrons. The zero-order valence-corrected chi connectivity index (χ0v) is 10.00. The molecule has 0 saturated heterocycles. The number of alkyl halides is 1. The molecule has 2 N–H and O–H groups in total. The van der Waals surface area contributed by atoms with E-state index in [9.17, 15) is 4.79 Å². The summed E-state index contributed by atoms with van der Waals surface area (Å²) < 4.78 is 0. The van der Waals surface area contributed by atoms with Crippen LogP contribution in [0.4, 0.5) is 0 Å². The van der Waals surface area contributed by atoms with Crippen molar-refractivity contribution < 1.29 is 9.90 Å². The van der Waals surface area contributed by atoms with Gasteiger partial charge in [-0.25, -0.2) is 0 Å². The second-order valence-corrected chi connectivity index (χ2v) is 4.47. The fraction of sp³-hybridized carbons (Fsp3) is 0.417. The Kier molecular flexibility index (Phi) is 5.12. The number of aromatic hydroxyl groups is 1. The Labute approximate surface area is 100 Å². The molecule has 0 bridgehead atoms. The van der Waals surface area contributed by atoms with Gasteiger partial charge in [0, 0.05) is 17.5 Å². The van der Waals surface area contributed by atoms with Gasteiger partial charge in [-0.2, -0.15) is 0 Å². The molecule has 1 atom stereocenters. The minimum Gasteiger partial charge on any atom is -0.508 e. The number of carbonyl (C=O) groups is 1. The van der Waals surface area contributed by atoms with E-state index < -0.39 is 0 Å². The molecular weight excluding hydrogens is 226 g/mol. The Hall–Kier alpha value is -1.22. The van der Waals surface area contributed by atoms with Crippen LogP contribution in [0.2, 0.25) is 0 Å². The zero-order valence-electron chi connectivity index (χ0n) is 9.24. The standard InChI is InChI=1S/C12H16ClNO2/c1-9(13)3-2-8-14-12(16)10-4-6-11(15)7-5-10/h4-7,9,15H,2-3,8H2,1H3,(H,14,16). The summed E-state index contributed by atoms with van der Waals surface area (Å²) in [5.41, 5.74) is 0.553. The lowest BCUT2D eigenvalue weighted by Crippen LogP contribution is -2.24. The molecule has 1 aromatic rings. The molecule has 1 amide bonds. The third-order valence-electron chi connectivity index (χ3n) is 2.19. The molecule has 4 heteroatoms. The molecular formula is C12H16ClNO2. The molecule has 3 nitrogen and oxygen atoms in total. The number of halogens is 1. The number of hydrogen-bond acceptors (Lipinski definition) is 2. The topological polar surface area (TPSA) is 49.3 Å². The Morgan fingerprint density at radius 3 is 2.62 bits per heavy atom. The fourth-order valence-electron chi connectivity index (χ4n) is 1.30. The minimum absolute atomic E-state index is 0.123. The number of phenols is 1. The van der Waals surface area contributed by atoms with Crippen LogP contribution in [-0.4, -0.2) is 22.9 Å². The molecule has 1 rings (SSSR count). The molecule has 0 aliphatic heterocycles. The molecule has 16 heavy (non-hydrogen) atoms. The highest BCUT2D eigenvalue weighted by molar-refractivity contribution is 6.20. The fourth-order valence-corrected chi connectivity index (χ4v) is 1.45. The maximum absolute atomic E-state index is 11.6. The third-order valence-corrected chi connectivity index (χ3v) is 2.41. The highest BCUT2D eigenvalue weighted by atomic mass is 35.5. The average molecular weight is 242 g/mol. The molecule has 0 heterocycles. The lowest BCUT2D eigenvalue weighted by atomic mass is 10.2. The first kappa shape index (κ1) is 12.8. The maximum Gasteiger partial charge on any atom is 0.251 e. The van der Waals surface area contributed by atoms with Crippen LogP contribution in [0.15, 0.2) is 24.3 Å². The predicted octanol–water partition coefficient (Wildman–Crippen LogP) is 2.53. The van der Waals surface area contributed by atoms with Crippen LogP contribution in [0.25, 0.3) is 0 Å². The van der Waals surface area contributed by atoms with Crippen molar-refractivity contribution in [1.82, 2.24) is 5.32 Å². The summed E-state index contributed by atoms with van der Waals surface area (Å²) in [6, 6.07) is 6.18. The number of hydrogen-bond donors (Lipinski definition) is 2. The molecule has 1 aromatic carbocycles. The van der Waals surface area contributed by atoms with Crippen molar-refractivity contribution >= 4 is 17.5 Å². The van der Waals surface area contributed by atoms with Gasteiger partial charge in [0.05, 0.1) is 0 Å². The average Bonchev–Trinajstić information content (AvgIpc) is 2.25. The molecule has 1 unspecified atom stereocenters. The van der Waals surface area contributed by atoms with E-state index in [0.29, 0.717) is 12.1 Å². The number of phenolic OH excluding ortho intramolecular Hbond substituents is 1. The van der Waals surface area contributed by atoms with Crippen LogP contribution in [0.3, 0.4) is 0 Å². The summed E-state index contributed by atoms with van der Waals surface area (Å²) >= 11 is 5.79. The molecule has 0 aliphatic rings. The van der Waals surface area contributed by atoms with E-state index in [-0.39, 0.29) is 17.0 Å². The van der Waals surface area contributed by atoms with Crippen molar-refractivity contribution in [2.24, 2.45) is 0 Å². The highest BCUT2D eigenvalue weighted by Crippen LogP contribution is 2.09. The van der Waals surface area contributed by atoms with E-state index in [2.05, 4.69) is 5.32 Å². The summed E-state index contributed by atoms with van der Waals surface area (Å²) in [4.78, 5) is 11.6. The van der Waals surface area contributed by atoms with Gasteiger partial charge in [-0.15, -0.1) is 11.6 Å². The van der Waals surface area contributed by atoms with Crippen LogP contribution in [-0.2, 0) is 0 Å². The van der Waals surface area contributed by atoms with Gasteiger partial charge < -0.3 is 10.4 Å². The molecule has 0 aliphatic carbocycles. The van der Waals surface area contributed by atoms with Gasteiger partial charge in [0.2, 0.25) is 0 Å². The van der Waals surface area contributed by atoms with Gasteiger partial charge in [-0.3, -0.25) is 4.79 Å². The quantitative estimate of drug-likeness (QED) is 0.615.